The van der Waals surface area contributed by atoms with E-state index in [0.29, 0.717) is 5.56 Å². The van der Waals surface area contributed by atoms with Gasteiger partial charge in [0.1, 0.15) is 5.75 Å². The second-order valence-corrected chi connectivity index (χ2v) is 8.20. The Balaban J connectivity index is 2.05. The Morgan fingerprint density at radius 2 is 2.04 bits per heavy atom. The molecule has 3 rings (SSSR count). The van der Waals surface area contributed by atoms with Crippen LogP contribution in [0, 0.1) is 0 Å². The van der Waals surface area contributed by atoms with Gasteiger partial charge in [0.15, 0.2) is 4.80 Å². The zero-order valence-corrected chi connectivity index (χ0v) is 17.1. The number of hydrogen-bond donors (Lipinski definition) is 0. The lowest BCUT2D eigenvalue weighted by Gasteiger charge is -2.04. The second kappa shape index (κ2) is 8.21. The van der Waals surface area contributed by atoms with Gasteiger partial charge in [0.25, 0.3) is 5.91 Å². The largest absolute Gasteiger partial charge is 0.497 e. The number of aromatic nitrogens is 1. The van der Waals surface area contributed by atoms with Gasteiger partial charge in [0, 0.05) is 22.3 Å². The molecule has 0 aliphatic rings. The Labute approximate surface area is 162 Å². The molecule has 1 amide bonds. The maximum absolute atomic E-state index is 12.6. The van der Waals surface area contributed by atoms with Crippen LogP contribution in [0.4, 0.5) is 0 Å². The molecule has 0 aliphatic heterocycles. The Morgan fingerprint density at radius 1 is 1.28 bits per heavy atom. The molecule has 130 valence electrons. The summed E-state index contributed by atoms with van der Waals surface area (Å²) in [4.78, 5) is 17.7. The summed E-state index contributed by atoms with van der Waals surface area (Å²) in [6.07, 6.45) is 2.07. The van der Waals surface area contributed by atoms with Crippen molar-refractivity contribution in [2.75, 3.05) is 19.1 Å². The van der Waals surface area contributed by atoms with Gasteiger partial charge in [-0.2, -0.15) is 16.8 Å². The third kappa shape index (κ3) is 4.16. The monoisotopic (exact) mass is 436 g/mol. The summed E-state index contributed by atoms with van der Waals surface area (Å²) < 4.78 is 9.37. The standard InChI is InChI=1S/C18H17BrN2O2S2/c1-23-14-6-3-12(4-7-14)17(22)20-18-21(9-10-24-2)15-8-5-13(19)11-16(15)25-18/h3-8,11H,9-10H2,1-2H3. The number of fused-ring (bicyclic) bond motifs is 1. The molecule has 1 aromatic heterocycles. The predicted molar refractivity (Wildman–Crippen MR) is 109 cm³/mol. The predicted octanol–water partition coefficient (Wildman–Crippen LogP) is 4.58. The van der Waals surface area contributed by atoms with Crippen LogP contribution in [0.1, 0.15) is 10.4 Å². The van der Waals surface area contributed by atoms with E-state index in [0.717, 1.165) is 37.5 Å². The Hall–Kier alpha value is -1.57. The number of ether oxygens (including phenoxy) is 1. The highest BCUT2D eigenvalue weighted by atomic mass is 79.9. The van der Waals surface area contributed by atoms with E-state index < -0.39 is 0 Å². The van der Waals surface area contributed by atoms with Gasteiger partial charge in [-0.15, -0.1) is 0 Å². The first kappa shape index (κ1) is 18.2. The zero-order valence-electron chi connectivity index (χ0n) is 13.9. The van der Waals surface area contributed by atoms with Gasteiger partial charge in [-0.1, -0.05) is 27.3 Å². The van der Waals surface area contributed by atoms with Crippen molar-refractivity contribution in [2.45, 2.75) is 6.54 Å². The molecule has 25 heavy (non-hydrogen) atoms. The van der Waals surface area contributed by atoms with Crippen molar-refractivity contribution in [3.05, 3.63) is 57.3 Å². The van der Waals surface area contributed by atoms with Crippen LogP contribution < -0.4 is 9.54 Å². The molecule has 0 saturated carbocycles. The fraction of sp³-hybridized carbons (Fsp3) is 0.222. The molecule has 0 bridgehead atoms. The first-order valence-corrected chi connectivity index (χ1v) is 10.6. The first-order chi connectivity index (χ1) is 12.1. The van der Waals surface area contributed by atoms with Gasteiger partial charge >= 0.3 is 0 Å². The summed E-state index contributed by atoms with van der Waals surface area (Å²) in [6, 6.07) is 13.2. The number of nitrogens with zero attached hydrogens (tertiary/aromatic N) is 2. The summed E-state index contributed by atoms with van der Waals surface area (Å²) in [7, 11) is 1.60. The van der Waals surface area contributed by atoms with E-state index in [1.54, 1.807) is 43.1 Å². The highest BCUT2D eigenvalue weighted by Crippen LogP contribution is 2.22. The van der Waals surface area contributed by atoms with Crippen molar-refractivity contribution in [2.24, 2.45) is 4.99 Å². The summed E-state index contributed by atoms with van der Waals surface area (Å²) >= 11 is 6.81. The van der Waals surface area contributed by atoms with E-state index in [4.69, 9.17) is 4.74 Å². The van der Waals surface area contributed by atoms with Gasteiger partial charge in [-0.05, 0) is 48.7 Å². The average Bonchev–Trinajstić information content (AvgIpc) is 2.95. The second-order valence-electron chi connectivity index (χ2n) is 5.29. The van der Waals surface area contributed by atoms with Crippen LogP contribution in [-0.2, 0) is 6.54 Å². The lowest BCUT2D eigenvalue weighted by Crippen LogP contribution is -2.18. The van der Waals surface area contributed by atoms with Crippen LogP contribution >= 0.6 is 39.0 Å². The van der Waals surface area contributed by atoms with Crippen molar-refractivity contribution in [1.29, 1.82) is 0 Å². The highest BCUT2D eigenvalue weighted by Gasteiger charge is 2.10. The number of thiazole rings is 1. The minimum Gasteiger partial charge on any atom is -0.497 e. The van der Waals surface area contributed by atoms with Crippen molar-refractivity contribution in [3.63, 3.8) is 0 Å². The molecule has 0 atom stereocenters. The molecule has 0 radical (unpaired) electrons. The Kier molecular flexibility index (Phi) is 5.98. The number of carbonyl (C=O) groups excluding carboxylic acids is 1. The molecule has 0 aliphatic carbocycles. The lowest BCUT2D eigenvalue weighted by atomic mass is 10.2. The van der Waals surface area contributed by atoms with Crippen LogP contribution in [0.2, 0.25) is 0 Å². The summed E-state index contributed by atoms with van der Waals surface area (Å²) in [5.74, 6) is 1.44. The molecule has 0 fully saturated rings. The average molecular weight is 437 g/mol. The molecular weight excluding hydrogens is 420 g/mol. The number of methoxy groups -OCH3 is 1. The third-order valence-corrected chi connectivity index (χ3v) is 5.82. The molecule has 4 nitrogen and oxygen atoms in total. The van der Waals surface area contributed by atoms with E-state index in [9.17, 15) is 4.79 Å². The quantitative estimate of drug-likeness (QED) is 0.587. The minimum atomic E-state index is -0.244. The van der Waals surface area contributed by atoms with Gasteiger partial charge < -0.3 is 9.30 Å². The fourth-order valence-electron chi connectivity index (χ4n) is 2.42. The van der Waals surface area contributed by atoms with E-state index in [-0.39, 0.29) is 5.91 Å². The topological polar surface area (TPSA) is 43.6 Å². The normalized spacial score (nSPS) is 11.9. The molecule has 0 N–H and O–H groups in total. The van der Waals surface area contributed by atoms with Crippen LogP contribution in [-0.4, -0.2) is 29.6 Å². The van der Waals surface area contributed by atoms with Crippen molar-refractivity contribution < 1.29 is 9.53 Å². The van der Waals surface area contributed by atoms with Crippen molar-refractivity contribution >= 4 is 55.2 Å². The van der Waals surface area contributed by atoms with Gasteiger partial charge in [-0.3, -0.25) is 4.79 Å². The maximum atomic E-state index is 12.6. The molecule has 1 heterocycles. The van der Waals surface area contributed by atoms with Gasteiger partial charge in [-0.25, -0.2) is 0 Å². The zero-order chi connectivity index (χ0) is 17.8. The van der Waals surface area contributed by atoms with Crippen LogP contribution in [0.5, 0.6) is 5.75 Å². The SMILES string of the molecule is COc1ccc(C(=O)N=c2sc3cc(Br)ccc3n2CCSC)cc1. The van der Waals surface area contributed by atoms with Crippen molar-refractivity contribution in [1.82, 2.24) is 4.57 Å². The van der Waals surface area contributed by atoms with Gasteiger partial charge in [0.05, 0.1) is 17.3 Å². The molecule has 3 aromatic rings. The molecule has 0 unspecified atom stereocenters. The maximum Gasteiger partial charge on any atom is 0.279 e. The third-order valence-electron chi connectivity index (χ3n) is 3.70. The van der Waals surface area contributed by atoms with E-state index >= 15 is 0 Å². The summed E-state index contributed by atoms with van der Waals surface area (Å²) in [5, 5.41) is 0. The summed E-state index contributed by atoms with van der Waals surface area (Å²) in [6.45, 7) is 0.817. The highest BCUT2D eigenvalue weighted by molar-refractivity contribution is 9.10. The smallest absolute Gasteiger partial charge is 0.279 e. The van der Waals surface area contributed by atoms with E-state index in [1.165, 1.54) is 11.3 Å². The number of amides is 1. The summed E-state index contributed by atoms with van der Waals surface area (Å²) in [5.41, 5.74) is 1.65. The number of benzene rings is 2. The van der Waals surface area contributed by atoms with Crippen LogP contribution in [0.3, 0.4) is 0 Å². The Bertz CT molecular complexity index is 961. The molecule has 0 saturated heterocycles. The number of rotatable bonds is 5. The van der Waals surface area contributed by atoms with E-state index in [2.05, 4.69) is 43.9 Å². The Morgan fingerprint density at radius 3 is 2.72 bits per heavy atom. The van der Waals surface area contributed by atoms with E-state index in [1.807, 2.05) is 6.07 Å². The van der Waals surface area contributed by atoms with Crippen LogP contribution in [0.15, 0.2) is 51.9 Å². The number of thioether (sulfide) groups is 1. The van der Waals surface area contributed by atoms with Crippen LogP contribution in [0.25, 0.3) is 10.2 Å². The first-order valence-electron chi connectivity index (χ1n) is 7.63. The lowest BCUT2D eigenvalue weighted by molar-refractivity contribution is 0.0998. The fourth-order valence-corrected chi connectivity index (χ4v) is 4.39. The number of carbonyl (C=O) groups is 1. The number of aryl methyl sites for hydroxylation is 1. The minimum absolute atomic E-state index is 0.244. The van der Waals surface area contributed by atoms with Crippen molar-refractivity contribution in [3.8, 4) is 5.75 Å². The number of halogens is 1. The molecule has 7 heteroatoms. The molecular formula is C18H17BrN2O2S2. The molecule has 0 spiro atoms. The number of hydrogen-bond acceptors (Lipinski definition) is 4. The molecule has 2 aromatic carbocycles. The van der Waals surface area contributed by atoms with Gasteiger partial charge in [0.2, 0.25) is 0 Å².